The van der Waals surface area contributed by atoms with Gasteiger partial charge in [-0.05, 0) is 27.8 Å². The van der Waals surface area contributed by atoms with Gasteiger partial charge in [0.1, 0.15) is 0 Å². The first-order valence-electron chi connectivity index (χ1n) is 3.03. The number of hydrogen-bond acceptors (Lipinski definition) is 3. The third-order valence-corrected chi connectivity index (χ3v) is 2.46. The third kappa shape index (κ3) is 3.78. The first-order chi connectivity index (χ1) is 3.98. The lowest BCUT2D eigenvalue weighted by Gasteiger charge is -2.24. The maximum atomic E-state index is 9.36. The predicted octanol–water partition coefficient (Wildman–Crippen LogP) is 1.01. The summed E-state index contributed by atoms with van der Waals surface area (Å²) in [5, 5.41) is 9.58. The van der Waals surface area contributed by atoms with Crippen molar-refractivity contribution in [1.29, 1.82) is 0 Å². The first-order valence-corrected chi connectivity index (χ1v) is 3.91. The zero-order chi connectivity index (χ0) is 7.49. The summed E-state index contributed by atoms with van der Waals surface area (Å²) >= 11 is 1.54. The van der Waals surface area contributed by atoms with Gasteiger partial charge in [-0.15, -0.1) is 0 Å². The maximum absolute atomic E-state index is 9.36. The summed E-state index contributed by atoms with van der Waals surface area (Å²) in [6.45, 7) is 5.60. The minimum atomic E-state index is -0.590. The molecule has 0 rings (SSSR count). The fourth-order valence-corrected chi connectivity index (χ4v) is 0.963. The average molecular weight is 149 g/mol. The van der Waals surface area contributed by atoms with E-state index < -0.39 is 5.60 Å². The van der Waals surface area contributed by atoms with Crippen LogP contribution in [0.3, 0.4) is 0 Å². The molecular weight excluding hydrogens is 134 g/mol. The second-order valence-corrected chi connectivity index (χ2v) is 3.97. The Labute approximate surface area is 61.2 Å². The van der Waals surface area contributed by atoms with E-state index in [-0.39, 0.29) is 5.25 Å². The van der Waals surface area contributed by atoms with E-state index >= 15 is 0 Å². The van der Waals surface area contributed by atoms with Crippen LogP contribution in [0.5, 0.6) is 0 Å². The predicted molar refractivity (Wildman–Crippen MR) is 42.4 cm³/mol. The van der Waals surface area contributed by atoms with Crippen molar-refractivity contribution in [3.05, 3.63) is 0 Å². The SMILES string of the molecule is CNSC(C)C(C)(C)O. The zero-order valence-electron chi connectivity index (χ0n) is 6.43. The highest BCUT2D eigenvalue weighted by atomic mass is 32.2. The Morgan fingerprint density at radius 3 is 2.11 bits per heavy atom. The molecule has 0 aliphatic heterocycles. The van der Waals surface area contributed by atoms with E-state index in [1.807, 2.05) is 27.8 Å². The summed E-state index contributed by atoms with van der Waals surface area (Å²) in [5.74, 6) is 0. The van der Waals surface area contributed by atoms with Crippen molar-refractivity contribution in [3.8, 4) is 0 Å². The monoisotopic (exact) mass is 149 g/mol. The maximum Gasteiger partial charge on any atom is 0.0719 e. The van der Waals surface area contributed by atoms with Crippen molar-refractivity contribution >= 4 is 11.9 Å². The number of hydrogen-bond donors (Lipinski definition) is 2. The summed E-state index contributed by atoms with van der Waals surface area (Å²) in [4.78, 5) is 0. The van der Waals surface area contributed by atoms with Gasteiger partial charge in [0.15, 0.2) is 0 Å². The van der Waals surface area contributed by atoms with Crippen LogP contribution in [-0.2, 0) is 0 Å². The smallest absolute Gasteiger partial charge is 0.0719 e. The van der Waals surface area contributed by atoms with E-state index in [4.69, 9.17) is 0 Å². The quantitative estimate of drug-likeness (QED) is 0.587. The minimum absolute atomic E-state index is 0.225. The largest absolute Gasteiger partial charge is 0.389 e. The van der Waals surface area contributed by atoms with E-state index in [2.05, 4.69) is 4.72 Å². The van der Waals surface area contributed by atoms with Gasteiger partial charge in [0, 0.05) is 5.25 Å². The lowest BCUT2D eigenvalue weighted by Crippen LogP contribution is -2.32. The van der Waals surface area contributed by atoms with Gasteiger partial charge in [0.25, 0.3) is 0 Å². The van der Waals surface area contributed by atoms with Crippen LogP contribution in [0.2, 0.25) is 0 Å². The second kappa shape index (κ2) is 3.44. The molecule has 0 saturated heterocycles. The summed E-state index contributed by atoms with van der Waals surface area (Å²) in [5.41, 5.74) is -0.590. The summed E-state index contributed by atoms with van der Waals surface area (Å²) in [7, 11) is 1.85. The van der Waals surface area contributed by atoms with Crippen LogP contribution in [-0.4, -0.2) is 23.0 Å². The average Bonchev–Trinajstić information content (AvgIpc) is 1.64. The third-order valence-electron chi connectivity index (χ3n) is 1.29. The molecule has 0 aromatic heterocycles. The van der Waals surface area contributed by atoms with Gasteiger partial charge in [-0.3, -0.25) is 4.72 Å². The van der Waals surface area contributed by atoms with E-state index in [0.29, 0.717) is 0 Å². The first kappa shape index (κ1) is 9.27. The molecule has 0 heterocycles. The number of nitrogens with one attached hydrogen (secondary N) is 1. The van der Waals surface area contributed by atoms with Gasteiger partial charge in [-0.25, -0.2) is 0 Å². The van der Waals surface area contributed by atoms with Gasteiger partial charge in [-0.2, -0.15) is 0 Å². The van der Waals surface area contributed by atoms with E-state index in [9.17, 15) is 5.11 Å². The Bertz CT molecular complexity index is 79.6. The molecule has 56 valence electrons. The highest BCUT2D eigenvalue weighted by Gasteiger charge is 2.21. The van der Waals surface area contributed by atoms with Gasteiger partial charge < -0.3 is 5.11 Å². The molecule has 0 radical (unpaired) electrons. The molecule has 0 aromatic carbocycles. The molecule has 9 heavy (non-hydrogen) atoms. The molecule has 1 atom stereocenters. The Balaban J connectivity index is 3.59. The van der Waals surface area contributed by atoms with Crippen LogP contribution in [0.1, 0.15) is 20.8 Å². The molecule has 0 aliphatic rings. The van der Waals surface area contributed by atoms with Crippen molar-refractivity contribution in [1.82, 2.24) is 4.72 Å². The molecule has 1 unspecified atom stereocenters. The van der Waals surface area contributed by atoms with Crippen LogP contribution >= 0.6 is 11.9 Å². The fraction of sp³-hybridized carbons (Fsp3) is 1.00. The normalized spacial score (nSPS) is 15.7. The van der Waals surface area contributed by atoms with Gasteiger partial charge in [-0.1, -0.05) is 11.9 Å². The van der Waals surface area contributed by atoms with Crippen LogP contribution in [0.25, 0.3) is 0 Å². The number of aliphatic hydroxyl groups is 1. The van der Waals surface area contributed by atoms with Crippen LogP contribution in [0, 0.1) is 0 Å². The van der Waals surface area contributed by atoms with Crippen molar-refractivity contribution in [2.24, 2.45) is 0 Å². The second-order valence-electron chi connectivity index (χ2n) is 2.62. The van der Waals surface area contributed by atoms with Crippen molar-refractivity contribution in [2.75, 3.05) is 7.05 Å². The highest BCUT2D eigenvalue weighted by Crippen LogP contribution is 2.18. The van der Waals surface area contributed by atoms with Gasteiger partial charge in [0.05, 0.1) is 5.60 Å². The highest BCUT2D eigenvalue weighted by molar-refractivity contribution is 7.98. The Hall–Kier alpha value is 0.270. The van der Waals surface area contributed by atoms with Crippen LogP contribution in [0.4, 0.5) is 0 Å². The van der Waals surface area contributed by atoms with Crippen molar-refractivity contribution in [2.45, 2.75) is 31.6 Å². The summed E-state index contributed by atoms with van der Waals surface area (Å²) in [6, 6.07) is 0. The molecular formula is C6H15NOS. The molecule has 0 aromatic rings. The molecule has 0 bridgehead atoms. The van der Waals surface area contributed by atoms with E-state index in [1.165, 1.54) is 11.9 Å². The van der Waals surface area contributed by atoms with Crippen LogP contribution < -0.4 is 4.72 Å². The number of rotatable bonds is 3. The van der Waals surface area contributed by atoms with Gasteiger partial charge >= 0.3 is 0 Å². The topological polar surface area (TPSA) is 32.3 Å². The van der Waals surface area contributed by atoms with E-state index in [0.717, 1.165) is 0 Å². The van der Waals surface area contributed by atoms with Crippen LogP contribution in [0.15, 0.2) is 0 Å². The zero-order valence-corrected chi connectivity index (χ0v) is 7.25. The van der Waals surface area contributed by atoms with E-state index in [1.54, 1.807) is 0 Å². The molecule has 0 aliphatic carbocycles. The summed E-state index contributed by atoms with van der Waals surface area (Å²) < 4.78 is 2.93. The Kier molecular flexibility index (Phi) is 3.54. The fourth-order valence-electron chi connectivity index (χ4n) is 0.321. The van der Waals surface area contributed by atoms with Gasteiger partial charge in [0.2, 0.25) is 0 Å². The molecule has 0 fully saturated rings. The molecule has 0 saturated carbocycles. The van der Waals surface area contributed by atoms with Crippen molar-refractivity contribution < 1.29 is 5.11 Å². The lowest BCUT2D eigenvalue weighted by molar-refractivity contribution is 0.0822. The Morgan fingerprint density at radius 2 is 2.00 bits per heavy atom. The molecule has 2 nitrogen and oxygen atoms in total. The molecule has 3 heteroatoms. The lowest BCUT2D eigenvalue weighted by atomic mass is 10.1. The Morgan fingerprint density at radius 1 is 1.56 bits per heavy atom. The summed E-state index contributed by atoms with van der Waals surface area (Å²) in [6.07, 6.45) is 0. The standard InChI is InChI=1S/C6H15NOS/c1-5(9-7-4)6(2,3)8/h5,7-8H,1-4H3. The molecule has 0 amide bonds. The van der Waals surface area contributed by atoms with Crippen molar-refractivity contribution in [3.63, 3.8) is 0 Å². The molecule has 2 N–H and O–H groups in total. The molecule has 0 spiro atoms. The minimum Gasteiger partial charge on any atom is -0.389 e.